The van der Waals surface area contributed by atoms with Gasteiger partial charge >= 0.3 is 0 Å². The van der Waals surface area contributed by atoms with Gasteiger partial charge in [-0.3, -0.25) is 4.79 Å². The molecule has 1 aromatic carbocycles. The van der Waals surface area contributed by atoms with Gasteiger partial charge in [0, 0.05) is 24.7 Å². The lowest BCUT2D eigenvalue weighted by Crippen LogP contribution is -2.35. The van der Waals surface area contributed by atoms with E-state index in [1.165, 1.54) is 0 Å². The van der Waals surface area contributed by atoms with Crippen molar-refractivity contribution >= 4 is 16.9 Å². The molecule has 3 rings (SSSR count). The number of benzene rings is 1. The molecule has 0 saturated carbocycles. The van der Waals surface area contributed by atoms with E-state index in [0.29, 0.717) is 18.7 Å². The van der Waals surface area contributed by atoms with Crippen LogP contribution in [-0.4, -0.2) is 40.4 Å². The molecule has 6 nitrogen and oxygen atoms in total. The quantitative estimate of drug-likeness (QED) is 0.755. The van der Waals surface area contributed by atoms with Crippen LogP contribution in [0.15, 0.2) is 48.8 Å². The van der Waals surface area contributed by atoms with E-state index in [2.05, 4.69) is 15.4 Å². The second kappa shape index (κ2) is 7.23. The minimum absolute atomic E-state index is 0.0565. The third kappa shape index (κ3) is 3.60. The monoisotopic (exact) mass is 324 g/mol. The Hall–Kier alpha value is -2.73. The fourth-order valence-electron chi connectivity index (χ4n) is 2.57. The van der Waals surface area contributed by atoms with Crippen molar-refractivity contribution < 1.29 is 9.53 Å². The zero-order valence-electron chi connectivity index (χ0n) is 13.8. The molecule has 1 N–H and O–H groups in total. The second-order valence-corrected chi connectivity index (χ2v) is 5.75. The highest BCUT2D eigenvalue weighted by Gasteiger charge is 2.12. The van der Waals surface area contributed by atoms with Crippen molar-refractivity contribution in [2.75, 3.05) is 13.7 Å². The van der Waals surface area contributed by atoms with Crippen molar-refractivity contribution in [3.8, 4) is 0 Å². The highest BCUT2D eigenvalue weighted by Crippen LogP contribution is 2.14. The largest absolute Gasteiger partial charge is 0.383 e. The molecule has 0 fully saturated rings. The van der Waals surface area contributed by atoms with Gasteiger partial charge in [0.1, 0.15) is 0 Å². The number of carbonyl (C=O) groups is 1. The van der Waals surface area contributed by atoms with Gasteiger partial charge in [-0.1, -0.05) is 30.3 Å². The number of aromatic nitrogens is 3. The number of amides is 1. The summed E-state index contributed by atoms with van der Waals surface area (Å²) in [4.78, 5) is 16.7. The molecular weight excluding hydrogens is 304 g/mol. The summed E-state index contributed by atoms with van der Waals surface area (Å²) in [6.07, 6.45) is 3.32. The first-order valence-corrected chi connectivity index (χ1v) is 7.82. The van der Waals surface area contributed by atoms with E-state index in [-0.39, 0.29) is 11.9 Å². The maximum atomic E-state index is 12.2. The summed E-state index contributed by atoms with van der Waals surface area (Å²) in [6, 6.07) is 11.8. The van der Waals surface area contributed by atoms with Gasteiger partial charge < -0.3 is 10.1 Å². The number of rotatable bonds is 6. The maximum Gasteiger partial charge on any atom is 0.253 e. The summed E-state index contributed by atoms with van der Waals surface area (Å²) < 4.78 is 6.86. The fourth-order valence-corrected chi connectivity index (χ4v) is 2.57. The number of hydrogen-bond donors (Lipinski definition) is 1. The van der Waals surface area contributed by atoms with Crippen molar-refractivity contribution in [2.45, 2.75) is 19.5 Å². The topological polar surface area (TPSA) is 69.0 Å². The summed E-state index contributed by atoms with van der Waals surface area (Å²) in [7, 11) is 1.61. The van der Waals surface area contributed by atoms with E-state index in [1.807, 2.05) is 48.0 Å². The van der Waals surface area contributed by atoms with Crippen molar-refractivity contribution in [3.05, 3.63) is 59.9 Å². The number of fused-ring (bicyclic) bond motifs is 1. The molecule has 124 valence electrons. The molecule has 2 aromatic heterocycles. The SMILES string of the molecule is COCC(C)NC(=O)c1cnc2c(cnn2Cc2ccccc2)c1. The van der Waals surface area contributed by atoms with Crippen molar-refractivity contribution in [1.82, 2.24) is 20.1 Å². The molecule has 6 heteroatoms. The van der Waals surface area contributed by atoms with Crippen LogP contribution in [-0.2, 0) is 11.3 Å². The van der Waals surface area contributed by atoms with E-state index in [0.717, 1.165) is 16.6 Å². The van der Waals surface area contributed by atoms with Gasteiger partial charge in [0.05, 0.1) is 24.9 Å². The second-order valence-electron chi connectivity index (χ2n) is 5.75. The van der Waals surface area contributed by atoms with Gasteiger partial charge in [-0.25, -0.2) is 9.67 Å². The Bertz CT molecular complexity index is 829. The molecule has 0 spiro atoms. The zero-order chi connectivity index (χ0) is 16.9. The number of nitrogens with one attached hydrogen (secondary N) is 1. The molecule has 0 aliphatic carbocycles. The third-order valence-corrected chi connectivity index (χ3v) is 3.71. The number of methoxy groups -OCH3 is 1. The number of ether oxygens (including phenoxy) is 1. The smallest absolute Gasteiger partial charge is 0.253 e. The molecule has 1 amide bonds. The van der Waals surface area contributed by atoms with Gasteiger partial charge in [0.25, 0.3) is 5.91 Å². The average Bonchev–Trinajstić information content (AvgIpc) is 2.98. The number of carbonyl (C=O) groups excluding carboxylic acids is 1. The van der Waals surface area contributed by atoms with Crippen LogP contribution in [0.5, 0.6) is 0 Å². The minimum Gasteiger partial charge on any atom is -0.383 e. The van der Waals surface area contributed by atoms with E-state index >= 15 is 0 Å². The normalized spacial score (nSPS) is 12.2. The highest BCUT2D eigenvalue weighted by molar-refractivity contribution is 5.96. The summed E-state index contributed by atoms with van der Waals surface area (Å²) in [6.45, 7) is 3.01. The lowest BCUT2D eigenvalue weighted by Gasteiger charge is -2.12. The Morgan fingerprint density at radius 3 is 2.83 bits per heavy atom. The lowest BCUT2D eigenvalue weighted by atomic mass is 10.2. The Kier molecular flexibility index (Phi) is 4.86. The first kappa shape index (κ1) is 16.1. The van der Waals surface area contributed by atoms with Crippen molar-refractivity contribution in [1.29, 1.82) is 0 Å². The fraction of sp³-hybridized carbons (Fsp3) is 0.278. The van der Waals surface area contributed by atoms with Crippen LogP contribution >= 0.6 is 0 Å². The van der Waals surface area contributed by atoms with Crippen molar-refractivity contribution in [2.24, 2.45) is 0 Å². The van der Waals surface area contributed by atoms with Crippen LogP contribution in [0.1, 0.15) is 22.8 Å². The summed E-state index contributed by atoms with van der Waals surface area (Å²) in [5, 5.41) is 8.11. The summed E-state index contributed by atoms with van der Waals surface area (Å²) in [5.41, 5.74) is 2.43. The standard InChI is InChI=1S/C18H20N4O2/c1-13(12-24-2)21-18(23)16-8-15-10-20-22(17(15)19-9-16)11-14-6-4-3-5-7-14/h3-10,13H,11-12H2,1-2H3,(H,21,23). The van der Waals surface area contributed by atoms with Crippen LogP contribution in [0.3, 0.4) is 0 Å². The molecule has 24 heavy (non-hydrogen) atoms. The van der Waals surface area contributed by atoms with Crippen LogP contribution in [0.2, 0.25) is 0 Å². The van der Waals surface area contributed by atoms with Crippen LogP contribution in [0.25, 0.3) is 11.0 Å². The van der Waals surface area contributed by atoms with E-state index < -0.39 is 0 Å². The van der Waals surface area contributed by atoms with Crippen LogP contribution in [0.4, 0.5) is 0 Å². The number of hydrogen-bond acceptors (Lipinski definition) is 4. The first-order chi connectivity index (χ1) is 11.7. The first-order valence-electron chi connectivity index (χ1n) is 7.82. The summed E-state index contributed by atoms with van der Waals surface area (Å²) in [5.74, 6) is -0.162. The molecule has 1 unspecified atom stereocenters. The molecule has 2 heterocycles. The van der Waals surface area contributed by atoms with Crippen LogP contribution in [0, 0.1) is 0 Å². The van der Waals surface area contributed by atoms with Gasteiger partial charge in [0.15, 0.2) is 5.65 Å². The Morgan fingerprint density at radius 1 is 1.29 bits per heavy atom. The molecule has 3 aromatic rings. The number of pyridine rings is 1. The third-order valence-electron chi connectivity index (χ3n) is 3.71. The minimum atomic E-state index is -0.162. The highest BCUT2D eigenvalue weighted by atomic mass is 16.5. The average molecular weight is 324 g/mol. The molecule has 0 saturated heterocycles. The molecule has 1 atom stereocenters. The van der Waals surface area contributed by atoms with Gasteiger partial charge in [-0.05, 0) is 18.6 Å². The number of nitrogens with zero attached hydrogens (tertiary/aromatic N) is 3. The van der Waals surface area contributed by atoms with Gasteiger partial charge in [-0.2, -0.15) is 5.10 Å². The maximum absolute atomic E-state index is 12.2. The van der Waals surface area contributed by atoms with E-state index in [4.69, 9.17) is 4.74 Å². The van der Waals surface area contributed by atoms with Gasteiger partial charge in [-0.15, -0.1) is 0 Å². The van der Waals surface area contributed by atoms with E-state index in [9.17, 15) is 4.79 Å². The molecule has 0 bridgehead atoms. The Labute approximate surface area is 140 Å². The Morgan fingerprint density at radius 2 is 2.08 bits per heavy atom. The zero-order valence-corrected chi connectivity index (χ0v) is 13.8. The Balaban J connectivity index is 1.79. The predicted molar refractivity (Wildman–Crippen MR) is 91.9 cm³/mol. The summed E-state index contributed by atoms with van der Waals surface area (Å²) >= 11 is 0. The van der Waals surface area contributed by atoms with Crippen LogP contribution < -0.4 is 5.32 Å². The van der Waals surface area contributed by atoms with Gasteiger partial charge in [0.2, 0.25) is 0 Å². The van der Waals surface area contributed by atoms with E-state index in [1.54, 1.807) is 19.5 Å². The molecular formula is C18H20N4O2. The van der Waals surface area contributed by atoms with Crippen molar-refractivity contribution in [3.63, 3.8) is 0 Å². The predicted octanol–water partition coefficient (Wildman–Crippen LogP) is 2.24. The lowest BCUT2D eigenvalue weighted by molar-refractivity contribution is 0.0905. The molecule has 0 aliphatic rings. The molecule has 0 aliphatic heterocycles. The molecule has 0 radical (unpaired) electrons.